The van der Waals surface area contributed by atoms with E-state index in [-0.39, 0.29) is 12.0 Å². The molecule has 0 fully saturated rings. The smallest absolute Gasteiger partial charge is 0.0634 e. The second-order valence-corrected chi connectivity index (χ2v) is 5.38. The monoisotopic (exact) mass is 230 g/mol. The van der Waals surface area contributed by atoms with Crippen LogP contribution in [0.3, 0.4) is 0 Å². The zero-order valence-corrected chi connectivity index (χ0v) is 10.9. The van der Waals surface area contributed by atoms with Crippen molar-refractivity contribution in [3.05, 3.63) is 42.0 Å². The van der Waals surface area contributed by atoms with Crippen LogP contribution in [0.2, 0.25) is 0 Å². The minimum absolute atomic E-state index is 0.220. The number of hydrogen-bond donors (Lipinski definition) is 1. The van der Waals surface area contributed by atoms with Gasteiger partial charge in [-0.15, -0.1) is 0 Å². The molecule has 1 aliphatic rings. The number of hydrogen-bond acceptors (Lipinski definition) is 1. The Kier molecular flexibility index (Phi) is 3.68. The van der Waals surface area contributed by atoms with Gasteiger partial charge in [0.25, 0.3) is 0 Å². The third-order valence-electron chi connectivity index (χ3n) is 4.26. The van der Waals surface area contributed by atoms with Crippen LogP contribution in [-0.4, -0.2) is 11.2 Å². The van der Waals surface area contributed by atoms with E-state index in [1.807, 2.05) is 6.07 Å². The summed E-state index contributed by atoms with van der Waals surface area (Å²) in [5.41, 5.74) is 2.55. The van der Waals surface area contributed by atoms with Crippen LogP contribution >= 0.6 is 0 Å². The van der Waals surface area contributed by atoms with Gasteiger partial charge < -0.3 is 5.11 Å². The van der Waals surface area contributed by atoms with E-state index in [4.69, 9.17) is 0 Å². The first-order valence-corrected chi connectivity index (χ1v) is 6.54. The van der Waals surface area contributed by atoms with Crippen molar-refractivity contribution in [3.63, 3.8) is 0 Å². The maximum absolute atomic E-state index is 10.4. The van der Waals surface area contributed by atoms with Crippen LogP contribution in [0.1, 0.15) is 32.8 Å². The average Bonchev–Trinajstić information content (AvgIpc) is 2.45. The first-order chi connectivity index (χ1) is 8.11. The van der Waals surface area contributed by atoms with Crippen LogP contribution in [0, 0.1) is 17.8 Å². The Bertz CT molecular complexity index is 393. The Morgan fingerprint density at radius 2 is 1.71 bits per heavy atom. The molecule has 0 saturated heterocycles. The van der Waals surface area contributed by atoms with Crippen LogP contribution in [0.25, 0.3) is 5.57 Å². The van der Waals surface area contributed by atoms with E-state index in [9.17, 15) is 5.11 Å². The third kappa shape index (κ3) is 2.44. The molecular formula is C16H22O. The molecule has 0 spiro atoms. The second-order valence-electron chi connectivity index (χ2n) is 5.38. The van der Waals surface area contributed by atoms with Crippen molar-refractivity contribution < 1.29 is 5.11 Å². The molecule has 4 atom stereocenters. The van der Waals surface area contributed by atoms with Gasteiger partial charge in [-0.05, 0) is 29.4 Å². The minimum Gasteiger partial charge on any atom is -0.392 e. The van der Waals surface area contributed by atoms with Gasteiger partial charge >= 0.3 is 0 Å². The van der Waals surface area contributed by atoms with Crippen LogP contribution in [0.4, 0.5) is 0 Å². The summed E-state index contributed by atoms with van der Waals surface area (Å²) in [5, 5.41) is 10.4. The molecule has 92 valence electrons. The van der Waals surface area contributed by atoms with E-state index in [0.29, 0.717) is 11.8 Å². The molecule has 0 saturated carbocycles. The van der Waals surface area contributed by atoms with E-state index < -0.39 is 0 Å². The van der Waals surface area contributed by atoms with E-state index >= 15 is 0 Å². The predicted octanol–water partition coefficient (Wildman–Crippen LogP) is 3.74. The highest BCUT2D eigenvalue weighted by molar-refractivity contribution is 5.68. The summed E-state index contributed by atoms with van der Waals surface area (Å²) < 4.78 is 0. The van der Waals surface area contributed by atoms with Gasteiger partial charge in [-0.3, -0.25) is 0 Å². The highest BCUT2D eigenvalue weighted by atomic mass is 16.3. The Labute approximate surface area is 104 Å². The number of aliphatic hydroxyl groups excluding tert-OH is 1. The van der Waals surface area contributed by atoms with Crippen molar-refractivity contribution in [2.45, 2.75) is 33.3 Å². The minimum atomic E-state index is -0.237. The fourth-order valence-corrected chi connectivity index (χ4v) is 2.70. The zero-order chi connectivity index (χ0) is 12.4. The summed E-state index contributed by atoms with van der Waals surface area (Å²) in [4.78, 5) is 0. The van der Waals surface area contributed by atoms with Gasteiger partial charge in [0.15, 0.2) is 0 Å². The molecule has 0 aliphatic heterocycles. The first-order valence-electron chi connectivity index (χ1n) is 6.54. The molecule has 2 rings (SSSR count). The van der Waals surface area contributed by atoms with E-state index in [0.717, 1.165) is 6.42 Å². The van der Waals surface area contributed by atoms with Crippen molar-refractivity contribution in [2.24, 2.45) is 17.8 Å². The van der Waals surface area contributed by atoms with Gasteiger partial charge in [-0.25, -0.2) is 0 Å². The van der Waals surface area contributed by atoms with E-state index in [1.165, 1.54) is 11.1 Å². The Balaban J connectivity index is 2.34. The Hall–Kier alpha value is -1.08. The Morgan fingerprint density at radius 3 is 2.35 bits per heavy atom. The summed E-state index contributed by atoms with van der Waals surface area (Å²) in [5.74, 6) is 1.13. The van der Waals surface area contributed by atoms with Gasteiger partial charge in [0.2, 0.25) is 0 Å². The summed E-state index contributed by atoms with van der Waals surface area (Å²) in [7, 11) is 0. The lowest BCUT2D eigenvalue weighted by Crippen LogP contribution is -2.28. The standard InChI is InChI=1S/C16H22O/c1-11-9-10-15(13(3)16(17)12(11)2)14-7-5-4-6-8-14/h4-8,10-13,16-17H,9H2,1-3H3/t11-,12+,13+,16-/m0/s1. The number of benzene rings is 1. The molecule has 17 heavy (non-hydrogen) atoms. The summed E-state index contributed by atoms with van der Waals surface area (Å²) in [6.45, 7) is 6.52. The average molecular weight is 230 g/mol. The predicted molar refractivity (Wildman–Crippen MR) is 72.5 cm³/mol. The van der Waals surface area contributed by atoms with Crippen LogP contribution in [-0.2, 0) is 0 Å². The second kappa shape index (κ2) is 5.05. The molecule has 1 heteroatoms. The molecule has 0 aromatic heterocycles. The maximum Gasteiger partial charge on any atom is 0.0634 e. The molecule has 1 nitrogen and oxygen atoms in total. The summed E-state index contributed by atoms with van der Waals surface area (Å²) in [6.07, 6.45) is 3.14. The highest BCUT2D eigenvalue weighted by Crippen LogP contribution is 2.36. The molecule has 0 bridgehead atoms. The number of allylic oxidation sites excluding steroid dienone is 1. The van der Waals surface area contributed by atoms with Crippen molar-refractivity contribution >= 4 is 5.57 Å². The van der Waals surface area contributed by atoms with Crippen LogP contribution in [0.15, 0.2) is 36.4 Å². The summed E-state index contributed by atoms with van der Waals surface area (Å²) >= 11 is 0. The molecule has 0 heterocycles. The fraction of sp³-hybridized carbons (Fsp3) is 0.500. The number of rotatable bonds is 1. The fourth-order valence-electron chi connectivity index (χ4n) is 2.70. The van der Waals surface area contributed by atoms with Crippen LogP contribution < -0.4 is 0 Å². The van der Waals surface area contributed by atoms with Crippen molar-refractivity contribution in [1.29, 1.82) is 0 Å². The number of aliphatic hydroxyl groups is 1. The van der Waals surface area contributed by atoms with Crippen LogP contribution in [0.5, 0.6) is 0 Å². The van der Waals surface area contributed by atoms with Gasteiger partial charge in [0, 0.05) is 5.92 Å². The third-order valence-corrected chi connectivity index (χ3v) is 4.26. The van der Waals surface area contributed by atoms with E-state index in [2.05, 4.69) is 51.1 Å². The quantitative estimate of drug-likeness (QED) is 0.779. The normalized spacial score (nSPS) is 34.0. The molecular weight excluding hydrogens is 208 g/mol. The molecule has 0 amide bonds. The molecule has 1 aromatic rings. The highest BCUT2D eigenvalue weighted by Gasteiger charge is 2.30. The van der Waals surface area contributed by atoms with Gasteiger partial charge in [0.05, 0.1) is 6.10 Å². The van der Waals surface area contributed by atoms with E-state index in [1.54, 1.807) is 0 Å². The topological polar surface area (TPSA) is 20.2 Å². The lowest BCUT2D eigenvalue weighted by molar-refractivity contribution is 0.0647. The van der Waals surface area contributed by atoms with Gasteiger partial charge in [-0.2, -0.15) is 0 Å². The van der Waals surface area contributed by atoms with Gasteiger partial charge in [0.1, 0.15) is 0 Å². The zero-order valence-electron chi connectivity index (χ0n) is 10.9. The lowest BCUT2D eigenvalue weighted by atomic mass is 9.83. The molecule has 1 N–H and O–H groups in total. The largest absolute Gasteiger partial charge is 0.392 e. The lowest BCUT2D eigenvalue weighted by Gasteiger charge is -2.27. The van der Waals surface area contributed by atoms with Gasteiger partial charge in [-0.1, -0.05) is 57.2 Å². The SMILES string of the molecule is C[C@H]1[C@H](O)[C@H](C)C(c2ccccc2)=CC[C@@H]1C. The van der Waals surface area contributed by atoms with Crippen molar-refractivity contribution in [1.82, 2.24) is 0 Å². The molecule has 0 unspecified atom stereocenters. The molecule has 1 aromatic carbocycles. The van der Waals surface area contributed by atoms with Crippen molar-refractivity contribution in [3.8, 4) is 0 Å². The maximum atomic E-state index is 10.4. The van der Waals surface area contributed by atoms with Crippen molar-refractivity contribution in [2.75, 3.05) is 0 Å². The first kappa shape index (κ1) is 12.4. The Morgan fingerprint density at radius 1 is 1.06 bits per heavy atom. The summed E-state index contributed by atoms with van der Waals surface area (Å²) in [6, 6.07) is 10.4. The molecule has 0 radical (unpaired) electrons. The molecule has 1 aliphatic carbocycles.